The number of rotatable bonds is 18. The lowest BCUT2D eigenvalue weighted by Crippen LogP contribution is -2.45. The zero-order valence-electron chi connectivity index (χ0n) is 20.7. The van der Waals surface area contributed by atoms with E-state index in [2.05, 4.69) is 22.9 Å². The van der Waals surface area contributed by atoms with Gasteiger partial charge in [-0.3, -0.25) is 9.45 Å². The molecule has 6 nitrogen and oxygen atoms in total. The summed E-state index contributed by atoms with van der Waals surface area (Å²) in [5.41, 5.74) is 0. The second kappa shape index (κ2) is 21.6. The van der Waals surface area contributed by atoms with E-state index in [0.717, 1.165) is 19.8 Å². The predicted octanol–water partition coefficient (Wildman–Crippen LogP) is 6.40. The van der Waals surface area contributed by atoms with Crippen molar-refractivity contribution in [3.05, 3.63) is 0 Å². The van der Waals surface area contributed by atoms with Crippen LogP contribution in [-0.4, -0.2) is 56.8 Å². The van der Waals surface area contributed by atoms with Crippen LogP contribution in [0.4, 0.5) is 0 Å². The van der Waals surface area contributed by atoms with E-state index in [0.29, 0.717) is 6.04 Å². The Hall–Kier alpha value is -0.210. The summed E-state index contributed by atoms with van der Waals surface area (Å²) < 4.78 is 36.3. The molecule has 0 aliphatic carbocycles. The highest BCUT2D eigenvalue weighted by Crippen LogP contribution is 2.16. The van der Waals surface area contributed by atoms with E-state index in [1.54, 1.807) is 0 Å². The Kier molecular flexibility index (Phi) is 21.5. The van der Waals surface area contributed by atoms with Crippen molar-refractivity contribution >= 4 is 10.4 Å². The van der Waals surface area contributed by atoms with Gasteiger partial charge in [0.2, 0.25) is 0 Å². The molecule has 0 spiro atoms. The monoisotopic (exact) mass is 465 g/mol. The maximum atomic E-state index is 9.56. The molecule has 0 aromatic rings. The Morgan fingerprint density at radius 2 is 1.32 bits per heavy atom. The number of nitrogens with zero attached hydrogens (tertiary/aromatic N) is 1. The minimum Gasteiger partial charge on any atom is -0.378 e. The number of hydrogen-bond donors (Lipinski definition) is 1. The average molecular weight is 466 g/mol. The van der Waals surface area contributed by atoms with Gasteiger partial charge in [0, 0.05) is 12.6 Å². The van der Waals surface area contributed by atoms with Crippen molar-refractivity contribution in [3.8, 4) is 0 Å². The summed E-state index contributed by atoms with van der Waals surface area (Å²) >= 11 is 0. The Labute approximate surface area is 193 Å². The molecule has 1 rings (SSSR count). The summed E-state index contributed by atoms with van der Waals surface area (Å²) in [6.45, 7) is 10.2. The first-order valence-corrected chi connectivity index (χ1v) is 14.2. The largest absolute Gasteiger partial charge is 0.397 e. The van der Waals surface area contributed by atoms with Crippen molar-refractivity contribution in [2.45, 2.75) is 123 Å². The van der Waals surface area contributed by atoms with E-state index < -0.39 is 10.4 Å². The van der Waals surface area contributed by atoms with Gasteiger partial charge in [0.15, 0.2) is 0 Å². The molecule has 1 fully saturated rings. The molecule has 1 atom stereocenters. The predicted molar refractivity (Wildman–Crippen MR) is 130 cm³/mol. The third-order valence-electron chi connectivity index (χ3n) is 5.91. The minimum absolute atomic E-state index is 0.0289. The van der Waals surface area contributed by atoms with Gasteiger partial charge < -0.3 is 4.74 Å². The summed E-state index contributed by atoms with van der Waals surface area (Å²) in [4.78, 5) is 2.60. The minimum atomic E-state index is -4.17. The number of morpholine rings is 1. The molecule has 0 aromatic heterocycles. The van der Waals surface area contributed by atoms with Crippen LogP contribution in [0.5, 0.6) is 0 Å². The normalized spacial score (nSPS) is 17.4. The van der Waals surface area contributed by atoms with Gasteiger partial charge in [0.05, 0.1) is 19.8 Å². The maximum Gasteiger partial charge on any atom is 0.397 e. The molecular weight excluding hydrogens is 414 g/mol. The van der Waals surface area contributed by atoms with E-state index in [1.807, 2.05) is 0 Å². The zero-order chi connectivity index (χ0) is 23.2. The smallest absolute Gasteiger partial charge is 0.378 e. The van der Waals surface area contributed by atoms with Crippen LogP contribution in [-0.2, 0) is 19.3 Å². The molecule has 0 amide bonds. The molecule has 1 N–H and O–H groups in total. The number of unbranched alkanes of at least 4 members (excludes halogenated alkanes) is 13. The number of hydrogen-bond acceptors (Lipinski definition) is 5. The lowest BCUT2D eigenvalue weighted by Gasteiger charge is -2.34. The number of likely N-dealkylation sites (N-methyl/N-ethyl adjacent to an activating group) is 1. The highest BCUT2D eigenvalue weighted by Gasteiger charge is 2.20. The van der Waals surface area contributed by atoms with Crippen molar-refractivity contribution in [1.29, 1.82) is 0 Å². The van der Waals surface area contributed by atoms with Gasteiger partial charge >= 0.3 is 10.4 Å². The molecular formula is C24H51NO5S. The van der Waals surface area contributed by atoms with Crippen LogP contribution >= 0.6 is 0 Å². The summed E-state index contributed by atoms with van der Waals surface area (Å²) in [5.74, 6) is 0. The molecule has 1 heterocycles. The molecule has 7 heteroatoms. The van der Waals surface area contributed by atoms with Crippen molar-refractivity contribution < 1.29 is 21.9 Å². The van der Waals surface area contributed by atoms with Gasteiger partial charge in [-0.25, -0.2) is 4.18 Å². The summed E-state index contributed by atoms with van der Waals surface area (Å²) in [7, 11) is -4.17. The van der Waals surface area contributed by atoms with Crippen LogP contribution in [0, 0.1) is 0 Å². The van der Waals surface area contributed by atoms with E-state index in [4.69, 9.17) is 9.29 Å². The topological polar surface area (TPSA) is 76.1 Å². The van der Waals surface area contributed by atoms with Crippen molar-refractivity contribution in [1.82, 2.24) is 4.90 Å². The van der Waals surface area contributed by atoms with Gasteiger partial charge in [-0.05, 0) is 19.9 Å². The molecule has 1 unspecified atom stereocenters. The molecule has 1 aliphatic heterocycles. The van der Waals surface area contributed by atoms with Crippen LogP contribution in [0.2, 0.25) is 0 Å². The van der Waals surface area contributed by atoms with Crippen LogP contribution in [0.25, 0.3) is 0 Å². The van der Waals surface area contributed by atoms with Crippen LogP contribution < -0.4 is 0 Å². The van der Waals surface area contributed by atoms with Crippen LogP contribution in [0.1, 0.15) is 117 Å². The van der Waals surface area contributed by atoms with Crippen molar-refractivity contribution in [3.63, 3.8) is 0 Å². The molecule has 0 bridgehead atoms. The second-order valence-electron chi connectivity index (χ2n) is 8.58. The van der Waals surface area contributed by atoms with E-state index in [9.17, 15) is 8.42 Å². The Morgan fingerprint density at radius 3 is 1.71 bits per heavy atom. The highest BCUT2D eigenvalue weighted by atomic mass is 32.3. The van der Waals surface area contributed by atoms with E-state index in [1.165, 1.54) is 110 Å². The SMILES string of the molecule is CCCCCCCCCCCCCCCCC1COCCN1CC.CCOS(=O)(=O)O. The third-order valence-corrected chi connectivity index (χ3v) is 6.45. The fraction of sp³-hybridized carbons (Fsp3) is 1.00. The fourth-order valence-corrected chi connectivity index (χ4v) is 4.39. The van der Waals surface area contributed by atoms with Gasteiger partial charge in [-0.2, -0.15) is 8.42 Å². The first kappa shape index (κ1) is 30.8. The summed E-state index contributed by atoms with van der Waals surface area (Å²) in [5, 5.41) is 0. The highest BCUT2D eigenvalue weighted by molar-refractivity contribution is 7.80. The van der Waals surface area contributed by atoms with Gasteiger partial charge in [0.1, 0.15) is 0 Å². The van der Waals surface area contributed by atoms with Gasteiger partial charge in [-0.1, -0.05) is 104 Å². The standard InChI is InChI=1S/C22H45NO.C2H6O4S/c1-3-5-6-7-8-9-10-11-12-13-14-15-16-17-18-22-21-24-20-19-23(22)4-2;1-2-6-7(3,4)5/h22H,3-21H2,1-2H3;2H2,1H3,(H,3,4,5). The van der Waals surface area contributed by atoms with Gasteiger partial charge in [0.25, 0.3) is 0 Å². The summed E-state index contributed by atoms with van der Waals surface area (Å²) in [6, 6.07) is 0.695. The molecule has 0 saturated carbocycles. The van der Waals surface area contributed by atoms with E-state index in [-0.39, 0.29) is 6.61 Å². The maximum absolute atomic E-state index is 9.56. The van der Waals surface area contributed by atoms with Crippen molar-refractivity contribution in [2.24, 2.45) is 0 Å². The van der Waals surface area contributed by atoms with Crippen molar-refractivity contribution in [2.75, 3.05) is 32.9 Å². The number of ether oxygens (including phenoxy) is 1. The third kappa shape index (κ3) is 21.4. The van der Waals surface area contributed by atoms with Crippen LogP contribution in [0.3, 0.4) is 0 Å². The molecule has 188 valence electrons. The molecule has 1 saturated heterocycles. The van der Waals surface area contributed by atoms with Crippen LogP contribution in [0.15, 0.2) is 0 Å². The van der Waals surface area contributed by atoms with E-state index >= 15 is 0 Å². The first-order chi connectivity index (χ1) is 14.9. The molecule has 1 aliphatic rings. The quantitative estimate of drug-likeness (QED) is 0.186. The molecule has 0 aromatic carbocycles. The Bertz CT molecular complexity index is 473. The second-order valence-corrected chi connectivity index (χ2v) is 9.67. The molecule has 0 radical (unpaired) electrons. The fourth-order valence-electron chi connectivity index (χ4n) is 4.09. The zero-order valence-corrected chi connectivity index (χ0v) is 21.5. The average Bonchev–Trinajstić information content (AvgIpc) is 2.74. The summed E-state index contributed by atoms with van der Waals surface area (Å²) in [6.07, 6.45) is 21.6. The Balaban J connectivity index is 0.00000110. The lowest BCUT2D eigenvalue weighted by atomic mass is 10.0. The lowest BCUT2D eigenvalue weighted by molar-refractivity contribution is -0.00848. The Morgan fingerprint density at radius 1 is 0.839 bits per heavy atom. The van der Waals surface area contributed by atoms with Gasteiger partial charge in [-0.15, -0.1) is 0 Å². The molecule has 31 heavy (non-hydrogen) atoms. The first-order valence-electron chi connectivity index (χ1n) is 12.9.